The Kier molecular flexibility index (Phi) is 3.84. The Morgan fingerprint density at radius 1 is 1.24 bits per heavy atom. The number of nitrogens with one attached hydrogen (secondary N) is 1. The number of rotatable bonds is 2. The number of anilines is 1. The Hall–Kier alpha value is -2.00. The third-order valence-corrected chi connectivity index (χ3v) is 4.08. The van der Waals surface area contributed by atoms with Gasteiger partial charge in [-0.1, -0.05) is 35.9 Å². The fraction of sp³-hybridized carbons (Fsp3) is 0.235. The Morgan fingerprint density at radius 3 is 2.86 bits per heavy atom. The maximum absolute atomic E-state index is 12.4. The highest BCUT2D eigenvalue weighted by Gasteiger charge is 2.22. The van der Waals surface area contributed by atoms with Crippen LogP contribution in [0.25, 0.3) is 0 Å². The summed E-state index contributed by atoms with van der Waals surface area (Å²) >= 11 is 5.96. The predicted molar refractivity (Wildman–Crippen MR) is 85.5 cm³/mol. The van der Waals surface area contributed by atoms with Crippen LogP contribution >= 0.6 is 11.6 Å². The van der Waals surface area contributed by atoms with Crippen molar-refractivity contribution in [2.24, 2.45) is 0 Å². The molecule has 1 unspecified atom stereocenters. The van der Waals surface area contributed by atoms with E-state index in [9.17, 15) is 4.79 Å². The molecule has 0 aliphatic heterocycles. The minimum absolute atomic E-state index is 0.0580. The average molecular weight is 301 g/mol. The van der Waals surface area contributed by atoms with E-state index in [-0.39, 0.29) is 11.9 Å². The average Bonchev–Trinajstić information content (AvgIpc) is 2.46. The van der Waals surface area contributed by atoms with Crippen molar-refractivity contribution >= 4 is 23.2 Å². The molecule has 4 heteroatoms. The van der Waals surface area contributed by atoms with Gasteiger partial charge in [0.2, 0.25) is 0 Å². The molecule has 0 spiro atoms. The Balaban J connectivity index is 1.82. The molecule has 2 aromatic rings. The molecule has 3 nitrogen and oxygen atoms in total. The van der Waals surface area contributed by atoms with E-state index in [2.05, 4.69) is 17.4 Å². The van der Waals surface area contributed by atoms with Crippen LogP contribution in [0.1, 0.15) is 40.4 Å². The number of benzene rings is 2. The van der Waals surface area contributed by atoms with Crippen LogP contribution in [0.2, 0.25) is 5.02 Å². The van der Waals surface area contributed by atoms with Gasteiger partial charge in [0.05, 0.1) is 6.04 Å². The van der Waals surface area contributed by atoms with Crippen LogP contribution in [0.4, 0.5) is 5.69 Å². The van der Waals surface area contributed by atoms with Gasteiger partial charge in [0.1, 0.15) is 0 Å². The number of carbonyl (C=O) groups is 1. The number of hydrogen-bond donors (Lipinski definition) is 2. The van der Waals surface area contributed by atoms with Gasteiger partial charge >= 0.3 is 0 Å². The van der Waals surface area contributed by atoms with Crippen molar-refractivity contribution in [1.82, 2.24) is 5.32 Å². The lowest BCUT2D eigenvalue weighted by molar-refractivity contribution is 0.0933. The summed E-state index contributed by atoms with van der Waals surface area (Å²) in [6, 6.07) is 13.3. The molecule has 0 fully saturated rings. The van der Waals surface area contributed by atoms with Crippen LogP contribution < -0.4 is 11.1 Å². The molecule has 0 aromatic heterocycles. The topological polar surface area (TPSA) is 55.1 Å². The molecule has 2 aromatic carbocycles. The smallest absolute Gasteiger partial charge is 0.251 e. The van der Waals surface area contributed by atoms with Gasteiger partial charge in [0.15, 0.2) is 0 Å². The van der Waals surface area contributed by atoms with Crippen molar-refractivity contribution in [3.8, 4) is 0 Å². The Morgan fingerprint density at radius 2 is 2.05 bits per heavy atom. The normalized spacial score (nSPS) is 17.1. The molecule has 1 atom stereocenters. The molecular weight excluding hydrogens is 284 g/mol. The van der Waals surface area contributed by atoms with Crippen molar-refractivity contribution in [2.45, 2.75) is 25.3 Å². The van der Waals surface area contributed by atoms with Crippen LogP contribution in [0.3, 0.4) is 0 Å². The SMILES string of the molecule is Nc1cc(Cl)cc(C(=O)NC2CCCc3ccccc32)c1. The molecule has 3 N–H and O–H groups in total. The first-order valence-electron chi connectivity index (χ1n) is 7.08. The van der Waals surface area contributed by atoms with Crippen molar-refractivity contribution in [1.29, 1.82) is 0 Å². The van der Waals surface area contributed by atoms with Gasteiger partial charge < -0.3 is 11.1 Å². The van der Waals surface area contributed by atoms with Gasteiger partial charge in [-0.3, -0.25) is 4.79 Å². The Bertz CT molecular complexity index is 664. The number of aryl methyl sites for hydroxylation is 1. The third kappa shape index (κ3) is 3.03. The van der Waals surface area contributed by atoms with Crippen molar-refractivity contribution in [3.05, 3.63) is 64.2 Å². The fourth-order valence-corrected chi connectivity index (χ4v) is 3.13. The molecule has 1 amide bonds. The highest BCUT2D eigenvalue weighted by Crippen LogP contribution is 2.29. The number of nitrogen functional groups attached to an aromatic ring is 1. The lowest BCUT2D eigenvalue weighted by Crippen LogP contribution is -2.31. The maximum Gasteiger partial charge on any atom is 0.251 e. The zero-order valence-corrected chi connectivity index (χ0v) is 12.4. The van der Waals surface area contributed by atoms with Gasteiger partial charge in [-0.15, -0.1) is 0 Å². The summed E-state index contributed by atoms with van der Waals surface area (Å²) in [6.07, 6.45) is 3.12. The molecule has 21 heavy (non-hydrogen) atoms. The molecule has 0 saturated heterocycles. The van der Waals surface area contributed by atoms with Crippen LogP contribution in [-0.4, -0.2) is 5.91 Å². The first kappa shape index (κ1) is 14.0. The van der Waals surface area contributed by atoms with Gasteiger partial charge in [-0.25, -0.2) is 0 Å². The zero-order chi connectivity index (χ0) is 14.8. The van der Waals surface area contributed by atoms with Gasteiger partial charge in [0, 0.05) is 16.3 Å². The lowest BCUT2D eigenvalue weighted by atomic mass is 9.87. The first-order valence-corrected chi connectivity index (χ1v) is 7.46. The molecule has 0 radical (unpaired) electrons. The highest BCUT2D eigenvalue weighted by atomic mass is 35.5. The first-order chi connectivity index (χ1) is 10.1. The van der Waals surface area contributed by atoms with E-state index < -0.39 is 0 Å². The van der Waals surface area contributed by atoms with E-state index in [1.165, 1.54) is 11.1 Å². The van der Waals surface area contributed by atoms with E-state index in [0.29, 0.717) is 16.3 Å². The highest BCUT2D eigenvalue weighted by molar-refractivity contribution is 6.31. The summed E-state index contributed by atoms with van der Waals surface area (Å²) < 4.78 is 0. The lowest BCUT2D eigenvalue weighted by Gasteiger charge is -2.26. The molecule has 0 heterocycles. The molecule has 108 valence electrons. The van der Waals surface area contributed by atoms with Crippen LogP contribution in [0, 0.1) is 0 Å². The Labute approximate surface area is 129 Å². The second-order valence-electron chi connectivity index (χ2n) is 5.39. The fourth-order valence-electron chi connectivity index (χ4n) is 2.89. The second-order valence-corrected chi connectivity index (χ2v) is 5.83. The minimum atomic E-state index is -0.133. The quantitative estimate of drug-likeness (QED) is 0.830. The number of amides is 1. The van der Waals surface area contributed by atoms with Gasteiger partial charge in [0.25, 0.3) is 5.91 Å². The predicted octanol–water partition coefficient (Wildman–Crippen LogP) is 3.73. The number of nitrogens with two attached hydrogens (primary N) is 1. The van der Waals surface area contributed by atoms with Crippen LogP contribution in [0.15, 0.2) is 42.5 Å². The van der Waals surface area contributed by atoms with E-state index >= 15 is 0 Å². The summed E-state index contributed by atoms with van der Waals surface area (Å²) in [4.78, 5) is 12.4. The van der Waals surface area contributed by atoms with Crippen molar-refractivity contribution < 1.29 is 4.79 Å². The van der Waals surface area contributed by atoms with Crippen molar-refractivity contribution in [3.63, 3.8) is 0 Å². The minimum Gasteiger partial charge on any atom is -0.399 e. The molecular formula is C17H17ClN2O. The second kappa shape index (κ2) is 5.78. The number of fused-ring (bicyclic) bond motifs is 1. The zero-order valence-electron chi connectivity index (χ0n) is 11.6. The summed E-state index contributed by atoms with van der Waals surface area (Å²) in [7, 11) is 0. The standard InChI is InChI=1S/C17H17ClN2O/c18-13-8-12(9-14(19)10-13)17(21)20-16-7-3-5-11-4-1-2-6-15(11)16/h1-2,4,6,8-10,16H,3,5,7,19H2,(H,20,21). The van der Waals surface area contributed by atoms with Gasteiger partial charge in [-0.05, 0) is 48.6 Å². The van der Waals surface area contributed by atoms with Crippen molar-refractivity contribution in [2.75, 3.05) is 5.73 Å². The van der Waals surface area contributed by atoms with Crippen LogP contribution in [0.5, 0.6) is 0 Å². The van der Waals surface area contributed by atoms with E-state index in [4.69, 9.17) is 17.3 Å². The molecule has 0 saturated carbocycles. The summed E-state index contributed by atoms with van der Waals surface area (Å²) in [6.45, 7) is 0. The van der Waals surface area contributed by atoms with E-state index in [1.54, 1.807) is 18.2 Å². The van der Waals surface area contributed by atoms with E-state index in [1.807, 2.05) is 12.1 Å². The summed E-state index contributed by atoms with van der Waals surface area (Å²) in [5, 5.41) is 3.57. The summed E-state index contributed by atoms with van der Waals surface area (Å²) in [5.41, 5.74) is 9.28. The largest absolute Gasteiger partial charge is 0.399 e. The number of halogens is 1. The third-order valence-electron chi connectivity index (χ3n) is 3.86. The molecule has 1 aliphatic carbocycles. The van der Waals surface area contributed by atoms with E-state index in [0.717, 1.165) is 19.3 Å². The summed E-state index contributed by atoms with van der Waals surface area (Å²) in [5.74, 6) is -0.133. The van der Waals surface area contributed by atoms with Crippen LogP contribution in [-0.2, 0) is 6.42 Å². The molecule has 1 aliphatic rings. The monoisotopic (exact) mass is 300 g/mol. The molecule has 3 rings (SSSR count). The number of carbonyl (C=O) groups excluding carboxylic acids is 1. The maximum atomic E-state index is 12.4. The van der Waals surface area contributed by atoms with Gasteiger partial charge in [-0.2, -0.15) is 0 Å². The molecule has 0 bridgehead atoms. The number of hydrogen-bond acceptors (Lipinski definition) is 2.